The van der Waals surface area contributed by atoms with Crippen molar-refractivity contribution in [3.05, 3.63) is 75.8 Å². The standard InChI is InChI=1S/C21H16N2O3/c1-21(2)14-7-5-8-16(23(24)25)19(14)22-15-11-10-13-12-6-3-4-9-17(12)26-20(13)18(15)21/h3-11,22H,1-2H3. The number of rotatable bonds is 1. The second-order valence-corrected chi connectivity index (χ2v) is 7.17. The third-order valence-corrected chi connectivity index (χ3v) is 5.34. The fourth-order valence-corrected chi connectivity index (χ4v) is 4.13. The lowest BCUT2D eigenvalue weighted by molar-refractivity contribution is -0.384. The number of hydrogen-bond donors (Lipinski definition) is 1. The van der Waals surface area contributed by atoms with E-state index in [1.54, 1.807) is 6.07 Å². The summed E-state index contributed by atoms with van der Waals surface area (Å²) in [6.45, 7) is 4.17. The number of para-hydroxylation sites is 2. The second-order valence-electron chi connectivity index (χ2n) is 7.17. The predicted octanol–water partition coefficient (Wildman–Crippen LogP) is 5.88. The van der Waals surface area contributed by atoms with Crippen molar-refractivity contribution in [2.45, 2.75) is 19.3 Å². The zero-order valence-corrected chi connectivity index (χ0v) is 14.4. The van der Waals surface area contributed by atoms with Crippen LogP contribution < -0.4 is 5.32 Å². The summed E-state index contributed by atoms with van der Waals surface area (Å²) in [6.07, 6.45) is 0. The molecule has 1 aliphatic rings. The maximum Gasteiger partial charge on any atom is 0.292 e. The molecule has 0 saturated carbocycles. The van der Waals surface area contributed by atoms with Gasteiger partial charge in [-0.2, -0.15) is 0 Å². The van der Waals surface area contributed by atoms with Gasteiger partial charge in [-0.1, -0.05) is 44.2 Å². The number of nitrogens with zero attached hydrogens (tertiary/aromatic N) is 1. The minimum absolute atomic E-state index is 0.0888. The molecule has 0 bridgehead atoms. The number of fused-ring (bicyclic) bond motifs is 6. The van der Waals surface area contributed by atoms with Crippen molar-refractivity contribution in [3.63, 3.8) is 0 Å². The lowest BCUT2D eigenvalue weighted by atomic mass is 9.73. The van der Waals surface area contributed by atoms with E-state index in [1.165, 1.54) is 6.07 Å². The van der Waals surface area contributed by atoms with Gasteiger partial charge in [-0.3, -0.25) is 10.1 Å². The average molecular weight is 344 g/mol. The Bertz CT molecular complexity index is 1220. The van der Waals surface area contributed by atoms with E-state index >= 15 is 0 Å². The summed E-state index contributed by atoms with van der Waals surface area (Å²) in [5.41, 5.74) is 4.66. The molecule has 5 heteroatoms. The van der Waals surface area contributed by atoms with Gasteiger partial charge in [0.25, 0.3) is 5.69 Å². The number of nitro benzene ring substituents is 1. The number of anilines is 2. The first-order valence-electron chi connectivity index (χ1n) is 8.48. The first kappa shape index (κ1) is 15.0. The molecule has 0 amide bonds. The summed E-state index contributed by atoms with van der Waals surface area (Å²) in [5, 5.41) is 16.9. The Morgan fingerprint density at radius 1 is 1.00 bits per heavy atom. The molecule has 3 aromatic carbocycles. The topological polar surface area (TPSA) is 68.3 Å². The Kier molecular flexibility index (Phi) is 2.79. The monoisotopic (exact) mass is 344 g/mol. The summed E-state index contributed by atoms with van der Waals surface area (Å²) >= 11 is 0. The van der Waals surface area contributed by atoms with Crippen LogP contribution >= 0.6 is 0 Å². The van der Waals surface area contributed by atoms with Gasteiger partial charge in [-0.15, -0.1) is 0 Å². The van der Waals surface area contributed by atoms with E-state index < -0.39 is 5.41 Å². The smallest absolute Gasteiger partial charge is 0.292 e. The molecule has 1 aromatic heterocycles. The minimum atomic E-state index is -0.435. The Balaban J connectivity index is 1.87. The van der Waals surface area contributed by atoms with Crippen LogP contribution in [-0.4, -0.2) is 4.92 Å². The molecule has 1 N–H and O–H groups in total. The van der Waals surface area contributed by atoms with E-state index in [0.717, 1.165) is 38.8 Å². The van der Waals surface area contributed by atoms with Crippen molar-refractivity contribution in [3.8, 4) is 0 Å². The molecule has 4 aromatic rings. The van der Waals surface area contributed by atoms with Gasteiger partial charge < -0.3 is 9.73 Å². The summed E-state index contributed by atoms with van der Waals surface area (Å²) in [5.74, 6) is 0. The number of nitro groups is 1. The van der Waals surface area contributed by atoms with Crippen molar-refractivity contribution in [2.24, 2.45) is 0 Å². The summed E-state index contributed by atoms with van der Waals surface area (Å²) in [4.78, 5) is 11.1. The average Bonchev–Trinajstić information content (AvgIpc) is 2.99. The Labute approximate surface area is 149 Å². The summed E-state index contributed by atoms with van der Waals surface area (Å²) < 4.78 is 6.21. The quantitative estimate of drug-likeness (QED) is 0.346. The van der Waals surface area contributed by atoms with Crippen LogP contribution in [0, 0.1) is 10.1 Å². The maximum absolute atomic E-state index is 11.5. The minimum Gasteiger partial charge on any atom is -0.456 e. The van der Waals surface area contributed by atoms with Crippen LogP contribution in [0.2, 0.25) is 0 Å². The molecule has 5 nitrogen and oxygen atoms in total. The van der Waals surface area contributed by atoms with Crippen molar-refractivity contribution in [2.75, 3.05) is 5.32 Å². The second kappa shape index (κ2) is 4.85. The van der Waals surface area contributed by atoms with Gasteiger partial charge in [-0.05, 0) is 23.8 Å². The molecule has 0 saturated heterocycles. The van der Waals surface area contributed by atoms with E-state index in [1.807, 2.05) is 36.4 Å². The van der Waals surface area contributed by atoms with Crippen molar-refractivity contribution >= 4 is 39.0 Å². The molecule has 0 spiro atoms. The fraction of sp³-hybridized carbons (Fsp3) is 0.143. The highest BCUT2D eigenvalue weighted by molar-refractivity contribution is 6.08. The van der Waals surface area contributed by atoms with Gasteiger partial charge in [0.2, 0.25) is 0 Å². The van der Waals surface area contributed by atoms with Crippen LogP contribution in [0.4, 0.5) is 17.1 Å². The number of furan rings is 1. The van der Waals surface area contributed by atoms with E-state index in [4.69, 9.17) is 4.42 Å². The van der Waals surface area contributed by atoms with Gasteiger partial charge in [0, 0.05) is 33.5 Å². The van der Waals surface area contributed by atoms with E-state index in [-0.39, 0.29) is 10.6 Å². The number of nitrogens with one attached hydrogen (secondary N) is 1. The molecule has 1 aliphatic heterocycles. The molecular formula is C21H16N2O3. The zero-order chi connectivity index (χ0) is 18.1. The Hall–Kier alpha value is -3.34. The first-order chi connectivity index (χ1) is 12.5. The van der Waals surface area contributed by atoms with E-state index in [9.17, 15) is 10.1 Å². The highest BCUT2D eigenvalue weighted by Gasteiger charge is 2.38. The van der Waals surface area contributed by atoms with Crippen molar-refractivity contribution in [1.29, 1.82) is 0 Å². The Morgan fingerprint density at radius 2 is 1.81 bits per heavy atom. The highest BCUT2D eigenvalue weighted by atomic mass is 16.6. The molecule has 0 radical (unpaired) electrons. The maximum atomic E-state index is 11.5. The molecule has 0 aliphatic carbocycles. The Morgan fingerprint density at radius 3 is 2.62 bits per heavy atom. The lowest BCUT2D eigenvalue weighted by Gasteiger charge is -2.35. The third kappa shape index (κ3) is 1.80. The van der Waals surface area contributed by atoms with Gasteiger partial charge in [0.15, 0.2) is 0 Å². The largest absolute Gasteiger partial charge is 0.456 e. The number of hydrogen-bond acceptors (Lipinski definition) is 4. The SMILES string of the molecule is CC1(C)c2cccc([N+](=O)[O-])c2Nc2ccc3c(oc4ccccc43)c21. The van der Waals surface area contributed by atoms with Crippen molar-refractivity contribution in [1.82, 2.24) is 0 Å². The van der Waals surface area contributed by atoms with Crippen LogP contribution in [0.1, 0.15) is 25.0 Å². The van der Waals surface area contributed by atoms with Gasteiger partial charge in [0.05, 0.1) is 4.92 Å². The van der Waals surface area contributed by atoms with E-state index in [0.29, 0.717) is 5.69 Å². The van der Waals surface area contributed by atoms with Gasteiger partial charge in [-0.25, -0.2) is 0 Å². The van der Waals surface area contributed by atoms with Crippen LogP contribution in [0.25, 0.3) is 21.9 Å². The van der Waals surface area contributed by atoms with Crippen LogP contribution in [0.15, 0.2) is 59.0 Å². The molecular weight excluding hydrogens is 328 g/mol. The predicted molar refractivity (Wildman–Crippen MR) is 102 cm³/mol. The summed E-state index contributed by atoms with van der Waals surface area (Å²) in [6, 6.07) is 17.2. The third-order valence-electron chi connectivity index (χ3n) is 5.34. The van der Waals surface area contributed by atoms with Gasteiger partial charge in [0.1, 0.15) is 16.9 Å². The molecule has 26 heavy (non-hydrogen) atoms. The van der Waals surface area contributed by atoms with Crippen LogP contribution in [-0.2, 0) is 5.41 Å². The highest BCUT2D eigenvalue weighted by Crippen LogP contribution is 2.51. The normalized spacial score (nSPS) is 14.7. The zero-order valence-electron chi connectivity index (χ0n) is 14.4. The summed E-state index contributed by atoms with van der Waals surface area (Å²) in [7, 11) is 0. The van der Waals surface area contributed by atoms with Gasteiger partial charge >= 0.3 is 0 Å². The fourth-order valence-electron chi connectivity index (χ4n) is 4.13. The lowest BCUT2D eigenvalue weighted by Crippen LogP contribution is -2.26. The van der Waals surface area contributed by atoms with E-state index in [2.05, 4.69) is 25.2 Å². The van der Waals surface area contributed by atoms with Crippen LogP contribution in [0.5, 0.6) is 0 Å². The molecule has 0 fully saturated rings. The molecule has 2 heterocycles. The first-order valence-corrected chi connectivity index (χ1v) is 8.48. The molecule has 128 valence electrons. The molecule has 5 rings (SSSR count). The van der Waals surface area contributed by atoms with Crippen LogP contribution in [0.3, 0.4) is 0 Å². The van der Waals surface area contributed by atoms with Crippen molar-refractivity contribution < 1.29 is 9.34 Å². The molecule has 0 atom stereocenters. The number of benzene rings is 3. The molecule has 0 unspecified atom stereocenters.